The van der Waals surface area contributed by atoms with Gasteiger partial charge in [-0.25, -0.2) is 4.98 Å². The van der Waals surface area contributed by atoms with Gasteiger partial charge in [0.1, 0.15) is 11.6 Å². The van der Waals surface area contributed by atoms with Crippen molar-refractivity contribution < 1.29 is 9.66 Å². The molecule has 0 bridgehead atoms. The van der Waals surface area contributed by atoms with E-state index < -0.39 is 4.92 Å². The minimum atomic E-state index is -0.582. The number of rotatable bonds is 5. The van der Waals surface area contributed by atoms with Gasteiger partial charge in [-0.15, -0.1) is 16.4 Å². The van der Waals surface area contributed by atoms with Gasteiger partial charge >= 0.3 is 5.82 Å². The summed E-state index contributed by atoms with van der Waals surface area (Å²) in [6, 6.07) is 0. The quantitative estimate of drug-likeness (QED) is 0.580. The number of methoxy groups -OCH3 is 1. The van der Waals surface area contributed by atoms with Crippen molar-refractivity contribution in [2.75, 3.05) is 7.11 Å². The van der Waals surface area contributed by atoms with Crippen LogP contribution in [0.15, 0.2) is 11.6 Å². The molecule has 0 unspecified atom stereocenters. The predicted octanol–water partition coefficient (Wildman–Crippen LogP) is 0.837. The second-order valence-corrected chi connectivity index (χ2v) is 4.10. The highest BCUT2D eigenvalue weighted by atomic mass is 32.1. The number of hydrogen-bond acceptors (Lipinski definition) is 7. The highest BCUT2D eigenvalue weighted by Crippen LogP contribution is 2.12. The molecule has 0 saturated carbocycles. The van der Waals surface area contributed by atoms with Crippen LogP contribution in [0.25, 0.3) is 0 Å². The van der Waals surface area contributed by atoms with E-state index in [0.29, 0.717) is 13.2 Å². The first-order valence-electron chi connectivity index (χ1n) is 4.66. The van der Waals surface area contributed by atoms with E-state index in [1.807, 2.05) is 5.38 Å². The molecule has 0 aromatic carbocycles. The van der Waals surface area contributed by atoms with Gasteiger partial charge < -0.3 is 14.9 Å². The third-order valence-corrected chi connectivity index (χ3v) is 2.75. The third-order valence-electron chi connectivity index (χ3n) is 1.88. The van der Waals surface area contributed by atoms with Crippen molar-refractivity contribution >= 4 is 17.2 Å². The molecule has 2 aromatic heterocycles. The lowest BCUT2D eigenvalue weighted by Gasteiger charge is -1.91. The second kappa shape index (κ2) is 4.97. The van der Waals surface area contributed by atoms with Crippen LogP contribution in [0.5, 0.6) is 0 Å². The van der Waals surface area contributed by atoms with E-state index >= 15 is 0 Å². The average Bonchev–Trinajstić information content (AvgIpc) is 2.89. The zero-order valence-electron chi connectivity index (χ0n) is 8.94. The number of nitrogens with zero attached hydrogens (tertiary/aromatic N) is 5. The van der Waals surface area contributed by atoms with Gasteiger partial charge in [-0.2, -0.15) is 0 Å². The normalized spacial score (nSPS) is 10.6. The molecule has 2 aromatic rings. The van der Waals surface area contributed by atoms with Crippen LogP contribution >= 0.6 is 11.3 Å². The molecule has 0 saturated heterocycles. The van der Waals surface area contributed by atoms with Crippen LogP contribution in [-0.4, -0.2) is 32.0 Å². The topological polar surface area (TPSA) is 96.0 Å². The molecule has 0 spiro atoms. The maximum atomic E-state index is 10.4. The molecule has 9 heteroatoms. The molecule has 90 valence electrons. The fraction of sp³-hybridized carbons (Fsp3) is 0.375. The molecule has 2 heterocycles. The van der Waals surface area contributed by atoms with Crippen molar-refractivity contribution in [1.82, 2.24) is 20.0 Å². The third kappa shape index (κ3) is 2.82. The lowest BCUT2D eigenvalue weighted by Crippen LogP contribution is -2.04. The Kier molecular flexibility index (Phi) is 3.40. The molecular formula is C8H9N5O3S. The van der Waals surface area contributed by atoms with Crippen molar-refractivity contribution in [3.63, 3.8) is 0 Å². The molecular weight excluding hydrogens is 246 g/mol. The summed E-state index contributed by atoms with van der Waals surface area (Å²) in [5.41, 5.74) is 0.757. The summed E-state index contributed by atoms with van der Waals surface area (Å²) < 4.78 is 4.95. The Morgan fingerprint density at radius 2 is 2.47 bits per heavy atom. The number of hydrogen-bond donors (Lipinski definition) is 0. The lowest BCUT2D eigenvalue weighted by atomic mass is 10.5. The average molecular weight is 255 g/mol. The number of aromatic nitrogens is 4. The van der Waals surface area contributed by atoms with Crippen LogP contribution in [0, 0.1) is 10.1 Å². The molecule has 0 fully saturated rings. The zero-order valence-corrected chi connectivity index (χ0v) is 9.75. The maximum Gasteiger partial charge on any atom is 0.410 e. The fourth-order valence-electron chi connectivity index (χ4n) is 1.20. The summed E-state index contributed by atoms with van der Waals surface area (Å²) in [6.07, 6.45) is 1.11. The van der Waals surface area contributed by atoms with Gasteiger partial charge in [0.2, 0.25) is 0 Å². The number of nitro groups is 1. The first kappa shape index (κ1) is 11.6. The Morgan fingerprint density at radius 3 is 3.12 bits per heavy atom. The monoisotopic (exact) mass is 255 g/mol. The van der Waals surface area contributed by atoms with Gasteiger partial charge in [0.25, 0.3) is 0 Å². The maximum absolute atomic E-state index is 10.4. The van der Waals surface area contributed by atoms with Gasteiger partial charge in [0.05, 0.1) is 17.4 Å². The van der Waals surface area contributed by atoms with E-state index in [1.165, 1.54) is 16.1 Å². The highest BCUT2D eigenvalue weighted by Gasteiger charge is 2.13. The minimum Gasteiger partial charge on any atom is -0.378 e. The Hall–Kier alpha value is -1.87. The van der Waals surface area contributed by atoms with Crippen molar-refractivity contribution in [1.29, 1.82) is 0 Å². The number of thiazole rings is 1. The first-order chi connectivity index (χ1) is 8.19. The van der Waals surface area contributed by atoms with Crippen molar-refractivity contribution in [3.8, 4) is 0 Å². The van der Waals surface area contributed by atoms with E-state index in [1.54, 1.807) is 7.11 Å². The first-order valence-corrected chi connectivity index (χ1v) is 5.53. The molecule has 0 radical (unpaired) electrons. The molecule has 0 aliphatic heterocycles. The summed E-state index contributed by atoms with van der Waals surface area (Å²) in [5, 5.41) is 20.6. The zero-order chi connectivity index (χ0) is 12.3. The number of ether oxygens (including phenoxy) is 1. The molecule has 2 rings (SSSR count). The van der Waals surface area contributed by atoms with Crippen LogP contribution in [0.3, 0.4) is 0 Å². The van der Waals surface area contributed by atoms with Crippen LogP contribution in [0.2, 0.25) is 0 Å². The summed E-state index contributed by atoms with van der Waals surface area (Å²) in [5.74, 6) is -0.266. The lowest BCUT2D eigenvalue weighted by molar-refractivity contribution is -0.389. The molecule has 0 aliphatic rings. The standard InChI is InChI=1S/C8H9N5O3S/c1-16-4-8-10-6(5-17-8)3-12-9-2-7(11-12)13(14)15/h2,5H,3-4H2,1H3. The van der Waals surface area contributed by atoms with Gasteiger partial charge in [0.15, 0.2) is 6.20 Å². The van der Waals surface area contributed by atoms with E-state index in [9.17, 15) is 10.1 Å². The van der Waals surface area contributed by atoms with Crippen LogP contribution < -0.4 is 0 Å². The molecule has 0 amide bonds. The summed E-state index contributed by atoms with van der Waals surface area (Å²) in [7, 11) is 1.60. The minimum absolute atomic E-state index is 0.266. The molecule has 0 aliphatic carbocycles. The summed E-state index contributed by atoms with van der Waals surface area (Å²) in [6.45, 7) is 0.769. The molecule has 8 nitrogen and oxygen atoms in total. The SMILES string of the molecule is COCc1nc(Cn2ncc([N+](=O)[O-])n2)cs1. The van der Waals surface area contributed by atoms with Gasteiger partial charge in [-0.05, 0) is 4.92 Å². The van der Waals surface area contributed by atoms with Gasteiger partial charge in [0, 0.05) is 12.5 Å². The Balaban J connectivity index is 2.05. The smallest absolute Gasteiger partial charge is 0.378 e. The van der Waals surface area contributed by atoms with Crippen LogP contribution in [0.1, 0.15) is 10.7 Å². The van der Waals surface area contributed by atoms with E-state index in [4.69, 9.17) is 4.74 Å². The molecule has 0 atom stereocenters. The summed E-state index contributed by atoms with van der Waals surface area (Å²) >= 11 is 1.47. The molecule has 17 heavy (non-hydrogen) atoms. The van der Waals surface area contributed by atoms with Gasteiger partial charge in [-0.1, -0.05) is 4.80 Å². The Bertz CT molecular complexity index is 523. The van der Waals surface area contributed by atoms with Crippen LogP contribution in [0.4, 0.5) is 5.82 Å². The van der Waals surface area contributed by atoms with Crippen molar-refractivity contribution in [2.24, 2.45) is 0 Å². The second-order valence-electron chi connectivity index (χ2n) is 3.16. The molecule has 0 N–H and O–H groups in total. The van der Waals surface area contributed by atoms with Crippen molar-refractivity contribution in [3.05, 3.63) is 32.4 Å². The fourth-order valence-corrected chi connectivity index (χ4v) is 1.96. The van der Waals surface area contributed by atoms with E-state index in [2.05, 4.69) is 15.2 Å². The van der Waals surface area contributed by atoms with Crippen LogP contribution in [-0.2, 0) is 17.9 Å². The predicted molar refractivity (Wildman–Crippen MR) is 58.6 cm³/mol. The summed E-state index contributed by atoms with van der Waals surface area (Å²) in [4.78, 5) is 15.3. The van der Waals surface area contributed by atoms with Gasteiger partial charge in [-0.3, -0.25) is 0 Å². The van der Waals surface area contributed by atoms with Crippen molar-refractivity contribution in [2.45, 2.75) is 13.2 Å². The Labute approximate surface area is 100 Å². The van der Waals surface area contributed by atoms with E-state index in [-0.39, 0.29) is 5.82 Å². The van der Waals surface area contributed by atoms with E-state index in [0.717, 1.165) is 16.9 Å². The largest absolute Gasteiger partial charge is 0.410 e. The Morgan fingerprint density at radius 1 is 1.65 bits per heavy atom. The highest BCUT2D eigenvalue weighted by molar-refractivity contribution is 7.09.